The van der Waals surface area contributed by atoms with Crippen molar-refractivity contribution in [3.05, 3.63) is 30.1 Å². The molecule has 2 amide bonds. The van der Waals surface area contributed by atoms with E-state index in [0.717, 1.165) is 49.2 Å². The maximum Gasteiger partial charge on any atom is 0.223 e. The number of para-hydroxylation sites is 2. The summed E-state index contributed by atoms with van der Waals surface area (Å²) in [6.07, 6.45) is 4.17. The number of nitrogens with one attached hydrogen (secondary N) is 2. The van der Waals surface area contributed by atoms with Crippen molar-refractivity contribution in [2.45, 2.75) is 52.0 Å². The number of nitrogens with zero attached hydrogens (tertiary/aromatic N) is 2. The Hall–Kier alpha value is -2.37. The van der Waals surface area contributed by atoms with Crippen molar-refractivity contribution in [1.29, 1.82) is 0 Å². The Morgan fingerprint density at radius 3 is 2.74 bits per heavy atom. The number of amides is 2. The van der Waals surface area contributed by atoms with Gasteiger partial charge in [-0.1, -0.05) is 26.0 Å². The Morgan fingerprint density at radius 1 is 1.30 bits per heavy atom. The molecule has 1 aliphatic carbocycles. The number of hydrogen-bond donors (Lipinski definition) is 2. The summed E-state index contributed by atoms with van der Waals surface area (Å²) in [4.78, 5) is 34.3. The Kier molecular flexibility index (Phi) is 4.66. The number of aromatic amines is 1. The van der Waals surface area contributed by atoms with Gasteiger partial charge in [0.05, 0.1) is 11.0 Å². The minimum atomic E-state index is 0.0302. The number of aromatic nitrogens is 2. The van der Waals surface area contributed by atoms with Crippen molar-refractivity contribution < 1.29 is 9.59 Å². The molecule has 6 heteroatoms. The number of piperidine rings is 1. The van der Waals surface area contributed by atoms with E-state index in [2.05, 4.69) is 15.3 Å². The molecule has 2 aliphatic rings. The number of rotatable bonds is 5. The van der Waals surface area contributed by atoms with E-state index < -0.39 is 0 Å². The highest BCUT2D eigenvalue weighted by Gasteiger charge is 2.55. The summed E-state index contributed by atoms with van der Waals surface area (Å²) >= 11 is 0. The van der Waals surface area contributed by atoms with E-state index in [0.29, 0.717) is 18.9 Å². The second kappa shape index (κ2) is 6.98. The second-order valence-corrected chi connectivity index (χ2v) is 8.36. The Morgan fingerprint density at radius 2 is 2.04 bits per heavy atom. The van der Waals surface area contributed by atoms with E-state index in [-0.39, 0.29) is 23.1 Å². The van der Waals surface area contributed by atoms with E-state index in [9.17, 15) is 9.59 Å². The minimum Gasteiger partial charge on any atom is -0.353 e. The maximum atomic E-state index is 12.6. The van der Waals surface area contributed by atoms with Crippen LogP contribution in [0.3, 0.4) is 0 Å². The van der Waals surface area contributed by atoms with Crippen LogP contribution in [0, 0.1) is 11.3 Å². The van der Waals surface area contributed by atoms with E-state index in [1.807, 2.05) is 43.0 Å². The fraction of sp³-hybridized carbons (Fsp3) is 0.571. The molecular formula is C21H28N4O2. The van der Waals surface area contributed by atoms with Crippen LogP contribution in [-0.4, -0.2) is 45.8 Å². The van der Waals surface area contributed by atoms with E-state index in [1.54, 1.807) is 0 Å². The summed E-state index contributed by atoms with van der Waals surface area (Å²) in [7, 11) is 0. The van der Waals surface area contributed by atoms with Crippen molar-refractivity contribution >= 4 is 22.8 Å². The monoisotopic (exact) mass is 368 g/mol. The molecule has 2 aromatic rings. The third-order valence-electron chi connectivity index (χ3n) is 6.16. The Labute approximate surface area is 159 Å². The molecule has 1 atom stereocenters. The third-order valence-corrected chi connectivity index (χ3v) is 6.16. The van der Waals surface area contributed by atoms with Gasteiger partial charge in [-0.05, 0) is 36.8 Å². The SMILES string of the molecule is CC(C)C(=O)NC1CC12CCN(C(=O)CCc1nc3ccccc3[nH]1)CC2. The van der Waals surface area contributed by atoms with Crippen molar-refractivity contribution in [3.8, 4) is 0 Å². The van der Waals surface area contributed by atoms with Crippen LogP contribution in [0.1, 0.15) is 45.4 Å². The highest BCUT2D eigenvalue weighted by molar-refractivity contribution is 5.79. The van der Waals surface area contributed by atoms with Gasteiger partial charge in [0, 0.05) is 37.9 Å². The first-order valence-corrected chi connectivity index (χ1v) is 9.99. The van der Waals surface area contributed by atoms with Gasteiger partial charge in [0.2, 0.25) is 11.8 Å². The lowest BCUT2D eigenvalue weighted by Crippen LogP contribution is -2.42. The molecule has 2 heterocycles. The Bertz CT molecular complexity index is 816. The molecule has 1 saturated heterocycles. The summed E-state index contributed by atoms with van der Waals surface area (Å²) < 4.78 is 0. The smallest absolute Gasteiger partial charge is 0.223 e. The van der Waals surface area contributed by atoms with Crippen LogP contribution in [0.2, 0.25) is 0 Å². The zero-order chi connectivity index (χ0) is 19.0. The number of likely N-dealkylation sites (tertiary alicyclic amines) is 1. The molecule has 1 aliphatic heterocycles. The van der Waals surface area contributed by atoms with Crippen LogP contribution < -0.4 is 5.32 Å². The third kappa shape index (κ3) is 3.70. The molecule has 1 spiro atoms. The van der Waals surface area contributed by atoms with Crippen molar-refractivity contribution in [2.24, 2.45) is 11.3 Å². The van der Waals surface area contributed by atoms with E-state index >= 15 is 0 Å². The number of H-pyrrole nitrogens is 1. The van der Waals surface area contributed by atoms with Gasteiger partial charge in [-0.25, -0.2) is 4.98 Å². The maximum absolute atomic E-state index is 12.6. The largest absolute Gasteiger partial charge is 0.353 e. The average molecular weight is 368 g/mol. The van der Waals surface area contributed by atoms with Crippen LogP contribution in [-0.2, 0) is 16.0 Å². The standard InChI is InChI=1S/C21H28N4O2/c1-14(2)20(27)24-17-13-21(17)9-11-25(12-10-21)19(26)8-7-18-22-15-5-3-4-6-16(15)23-18/h3-6,14,17H,7-13H2,1-2H3,(H,22,23)(H,24,27). The first-order chi connectivity index (χ1) is 13.0. The fourth-order valence-electron chi connectivity index (χ4n) is 4.15. The second-order valence-electron chi connectivity index (χ2n) is 8.36. The molecule has 1 unspecified atom stereocenters. The number of carbonyl (C=O) groups excluding carboxylic acids is 2. The van der Waals surface area contributed by atoms with Gasteiger partial charge in [0.15, 0.2) is 0 Å². The van der Waals surface area contributed by atoms with Gasteiger partial charge >= 0.3 is 0 Å². The van der Waals surface area contributed by atoms with Crippen LogP contribution in [0.25, 0.3) is 11.0 Å². The van der Waals surface area contributed by atoms with Crippen LogP contribution >= 0.6 is 0 Å². The molecule has 1 aromatic carbocycles. The summed E-state index contributed by atoms with van der Waals surface area (Å²) in [5.74, 6) is 1.24. The van der Waals surface area contributed by atoms with Gasteiger partial charge in [-0.3, -0.25) is 9.59 Å². The van der Waals surface area contributed by atoms with Gasteiger partial charge in [0.25, 0.3) is 0 Å². The summed E-state index contributed by atoms with van der Waals surface area (Å²) in [6, 6.07) is 8.23. The highest BCUT2D eigenvalue weighted by atomic mass is 16.2. The molecule has 27 heavy (non-hydrogen) atoms. The van der Waals surface area contributed by atoms with Crippen molar-refractivity contribution in [2.75, 3.05) is 13.1 Å². The lowest BCUT2D eigenvalue weighted by atomic mass is 9.92. The summed E-state index contributed by atoms with van der Waals surface area (Å²) in [5.41, 5.74) is 2.20. The molecule has 2 N–H and O–H groups in total. The number of imidazole rings is 1. The lowest BCUT2D eigenvalue weighted by molar-refractivity contribution is -0.133. The Balaban J connectivity index is 1.25. The van der Waals surface area contributed by atoms with Crippen molar-refractivity contribution in [3.63, 3.8) is 0 Å². The van der Waals surface area contributed by atoms with Crippen molar-refractivity contribution in [1.82, 2.24) is 20.2 Å². The zero-order valence-electron chi connectivity index (χ0n) is 16.1. The average Bonchev–Trinajstić information content (AvgIpc) is 3.14. The van der Waals surface area contributed by atoms with E-state index in [1.165, 1.54) is 0 Å². The quantitative estimate of drug-likeness (QED) is 0.852. The predicted octanol–water partition coefficient (Wildman–Crippen LogP) is 2.65. The zero-order valence-corrected chi connectivity index (χ0v) is 16.1. The number of benzene rings is 1. The molecular weight excluding hydrogens is 340 g/mol. The van der Waals surface area contributed by atoms with Crippen LogP contribution in [0.4, 0.5) is 0 Å². The molecule has 0 bridgehead atoms. The van der Waals surface area contributed by atoms with Gasteiger partial charge < -0.3 is 15.2 Å². The molecule has 4 rings (SSSR count). The number of fused-ring (bicyclic) bond motifs is 1. The first-order valence-electron chi connectivity index (χ1n) is 9.99. The molecule has 0 radical (unpaired) electrons. The van der Waals surface area contributed by atoms with Gasteiger partial charge in [0.1, 0.15) is 5.82 Å². The normalized spacial score (nSPS) is 21.0. The fourth-order valence-corrected chi connectivity index (χ4v) is 4.15. The highest BCUT2D eigenvalue weighted by Crippen LogP contribution is 2.54. The first kappa shape index (κ1) is 18.0. The predicted molar refractivity (Wildman–Crippen MR) is 104 cm³/mol. The molecule has 1 saturated carbocycles. The van der Waals surface area contributed by atoms with Gasteiger partial charge in [-0.2, -0.15) is 0 Å². The lowest BCUT2D eigenvalue weighted by Gasteiger charge is -2.33. The van der Waals surface area contributed by atoms with Crippen LogP contribution in [0.5, 0.6) is 0 Å². The molecule has 144 valence electrons. The van der Waals surface area contributed by atoms with Crippen LogP contribution in [0.15, 0.2) is 24.3 Å². The van der Waals surface area contributed by atoms with E-state index in [4.69, 9.17) is 0 Å². The summed E-state index contributed by atoms with van der Waals surface area (Å²) in [5, 5.41) is 3.16. The number of hydrogen-bond acceptors (Lipinski definition) is 3. The minimum absolute atomic E-state index is 0.0302. The number of aryl methyl sites for hydroxylation is 1. The van der Waals surface area contributed by atoms with Gasteiger partial charge in [-0.15, -0.1) is 0 Å². The molecule has 1 aromatic heterocycles. The topological polar surface area (TPSA) is 78.1 Å². The molecule has 6 nitrogen and oxygen atoms in total. The number of carbonyl (C=O) groups is 2. The molecule has 2 fully saturated rings. The summed E-state index contributed by atoms with van der Waals surface area (Å²) in [6.45, 7) is 5.45.